The quantitative estimate of drug-likeness (QED) is 0.0448. The number of carbonyl (C=O) groups excluding carboxylic acids is 2. The van der Waals surface area contributed by atoms with Gasteiger partial charge in [-0.15, -0.1) is 0 Å². The van der Waals surface area contributed by atoms with E-state index in [2.05, 4.69) is 19.6 Å². The molecule has 0 amide bonds. The van der Waals surface area contributed by atoms with Gasteiger partial charge in [0.05, 0.1) is 50.3 Å². The second kappa shape index (κ2) is 27.4. The summed E-state index contributed by atoms with van der Waals surface area (Å²) >= 11 is 18.9. The zero-order valence-corrected chi connectivity index (χ0v) is 45.6. The molecule has 0 unspecified atom stereocenters. The Morgan fingerprint density at radius 2 is 0.907 bits per heavy atom. The number of hydrogen-bond acceptors (Lipinski definition) is 12. The zero-order valence-electron chi connectivity index (χ0n) is 42.3. The van der Waals surface area contributed by atoms with E-state index in [9.17, 15) is 9.59 Å². The van der Waals surface area contributed by atoms with E-state index >= 15 is 0 Å². The highest BCUT2D eigenvalue weighted by molar-refractivity contribution is 6.76. The molecule has 0 aliphatic carbocycles. The van der Waals surface area contributed by atoms with Gasteiger partial charge in [-0.05, 0) is 95.9 Å². The maximum atomic E-state index is 14.5. The Labute approximate surface area is 455 Å². The minimum absolute atomic E-state index is 0.0751. The van der Waals surface area contributed by atoms with Gasteiger partial charge in [-0.1, -0.05) is 158 Å². The smallest absolute Gasteiger partial charge is 0.338 e. The Morgan fingerprint density at radius 1 is 0.467 bits per heavy atom. The summed E-state index contributed by atoms with van der Waals surface area (Å²) in [7, 11) is -1.67. The molecule has 2 aliphatic rings. The molecule has 2 heterocycles. The van der Waals surface area contributed by atoms with Crippen molar-refractivity contribution in [2.24, 2.45) is 0 Å². The molecule has 396 valence electrons. The van der Waals surface area contributed by atoms with E-state index in [0.29, 0.717) is 15.1 Å². The van der Waals surface area contributed by atoms with Crippen LogP contribution in [0.4, 0.5) is 0 Å². The van der Waals surface area contributed by atoms with Crippen molar-refractivity contribution in [2.45, 2.75) is 120 Å². The molecule has 16 heteroatoms. The molecular weight excluding hydrogens is 1040 g/mol. The zero-order chi connectivity index (χ0) is 52.7. The first-order chi connectivity index (χ1) is 36.3. The topological polar surface area (TPSA) is 126 Å². The summed E-state index contributed by atoms with van der Waals surface area (Å²) < 4.78 is 67.7. The van der Waals surface area contributed by atoms with Crippen LogP contribution in [0.1, 0.15) is 49.9 Å². The Hall–Kier alpha value is -4.97. The fourth-order valence-electron chi connectivity index (χ4n) is 8.60. The Morgan fingerprint density at radius 3 is 1.40 bits per heavy atom. The van der Waals surface area contributed by atoms with Crippen LogP contribution in [-0.2, 0) is 73.8 Å². The van der Waals surface area contributed by atoms with E-state index in [1.165, 1.54) is 0 Å². The normalized spacial score (nSPS) is 23.8. The third kappa shape index (κ3) is 16.5. The molecule has 0 saturated carbocycles. The molecule has 12 nitrogen and oxygen atoms in total. The third-order valence-electron chi connectivity index (χ3n) is 12.7. The van der Waals surface area contributed by atoms with E-state index in [1.807, 2.05) is 73.7 Å². The van der Waals surface area contributed by atoms with Crippen molar-refractivity contribution in [1.82, 2.24) is 0 Å². The second-order valence-electron chi connectivity index (χ2n) is 19.7. The number of carbonyl (C=O) groups is 2. The van der Waals surface area contributed by atoms with E-state index in [1.54, 1.807) is 97.1 Å². The van der Waals surface area contributed by atoms with Gasteiger partial charge in [0.25, 0.3) is 0 Å². The number of esters is 2. The minimum Gasteiger partial charge on any atom is -0.452 e. The predicted molar refractivity (Wildman–Crippen MR) is 289 cm³/mol. The van der Waals surface area contributed by atoms with Gasteiger partial charge < -0.3 is 47.4 Å². The highest BCUT2D eigenvalue weighted by Crippen LogP contribution is 2.37. The Kier molecular flexibility index (Phi) is 20.5. The van der Waals surface area contributed by atoms with Gasteiger partial charge in [0.15, 0.2) is 24.8 Å². The number of rotatable bonds is 23. The first-order valence-electron chi connectivity index (χ1n) is 25.1. The average Bonchev–Trinajstić information content (AvgIpc) is 3.41. The molecule has 10 atom stereocenters. The first kappa shape index (κ1) is 56.2. The van der Waals surface area contributed by atoms with Crippen molar-refractivity contribution in [3.8, 4) is 0 Å². The summed E-state index contributed by atoms with van der Waals surface area (Å²) in [5.41, 5.74) is 3.96. The molecule has 2 aliphatic heterocycles. The molecule has 8 rings (SSSR count). The van der Waals surface area contributed by atoms with Gasteiger partial charge in [0, 0.05) is 29.7 Å². The number of ether oxygens (including phenoxy) is 10. The SMILES string of the molecule is C[C@H]1O[C@H](O[C@@H]2[C@H](OC(=O)c3ccccc3)[C@@H](OC(=O)c3ccccc3)[C@H](OCC[Si](C)(C)C)O[C@@H]2COCc2ccccc2)[C@H](OCc2ccc(Cl)cc2)[C@@H](OCc2ccc(Cl)cc2)[C@H]1OCc1ccc(Cl)cc1. The molecular formula is C59H63Cl3O12Si. The number of hydrogen-bond donors (Lipinski definition) is 0. The van der Waals surface area contributed by atoms with E-state index in [4.69, 9.17) is 82.2 Å². The fraction of sp³-hybridized carbons (Fsp3) is 0.356. The van der Waals surface area contributed by atoms with Gasteiger partial charge in [-0.2, -0.15) is 0 Å². The van der Waals surface area contributed by atoms with Crippen molar-refractivity contribution < 1.29 is 57.0 Å². The summed E-state index contributed by atoms with van der Waals surface area (Å²) in [6, 6.07) is 49.6. The van der Waals surface area contributed by atoms with Crippen LogP contribution in [0.5, 0.6) is 0 Å². The Balaban J connectivity index is 1.21. The highest BCUT2D eigenvalue weighted by Gasteiger charge is 2.56. The molecule has 6 aromatic carbocycles. The van der Waals surface area contributed by atoms with Crippen LogP contribution in [0.25, 0.3) is 0 Å². The summed E-state index contributed by atoms with van der Waals surface area (Å²) in [6.45, 7) is 9.38. The maximum absolute atomic E-state index is 14.5. The summed E-state index contributed by atoms with van der Waals surface area (Å²) in [5.74, 6) is -1.39. The molecule has 0 bridgehead atoms. The summed E-state index contributed by atoms with van der Waals surface area (Å²) in [6.07, 6.45) is -10.9. The van der Waals surface area contributed by atoms with Crippen molar-refractivity contribution in [3.05, 3.63) is 212 Å². The predicted octanol–water partition coefficient (Wildman–Crippen LogP) is 12.6. The molecule has 75 heavy (non-hydrogen) atoms. The second-order valence-corrected chi connectivity index (χ2v) is 26.6. The van der Waals surface area contributed by atoms with Gasteiger partial charge in [0.1, 0.15) is 30.5 Å². The van der Waals surface area contributed by atoms with E-state index in [0.717, 1.165) is 28.3 Å². The van der Waals surface area contributed by atoms with Crippen molar-refractivity contribution in [1.29, 1.82) is 0 Å². The number of benzene rings is 6. The van der Waals surface area contributed by atoms with Crippen LogP contribution in [0.3, 0.4) is 0 Å². The van der Waals surface area contributed by atoms with Crippen molar-refractivity contribution in [3.63, 3.8) is 0 Å². The lowest BCUT2D eigenvalue weighted by molar-refractivity contribution is -0.365. The third-order valence-corrected chi connectivity index (χ3v) is 15.2. The monoisotopic (exact) mass is 1100 g/mol. The van der Waals surface area contributed by atoms with Gasteiger partial charge in [-0.25, -0.2) is 9.59 Å². The minimum atomic E-state index is -1.67. The van der Waals surface area contributed by atoms with Crippen molar-refractivity contribution >= 4 is 54.8 Å². The fourth-order valence-corrected chi connectivity index (χ4v) is 9.71. The first-order valence-corrected chi connectivity index (χ1v) is 29.9. The van der Waals surface area contributed by atoms with E-state index in [-0.39, 0.29) is 50.8 Å². The molecule has 0 spiro atoms. The molecule has 2 saturated heterocycles. The molecule has 0 aromatic heterocycles. The lowest BCUT2D eigenvalue weighted by Gasteiger charge is -2.49. The lowest BCUT2D eigenvalue weighted by atomic mass is 9.96. The highest BCUT2D eigenvalue weighted by atomic mass is 35.5. The lowest BCUT2D eigenvalue weighted by Crippen LogP contribution is -2.66. The van der Waals surface area contributed by atoms with Gasteiger partial charge >= 0.3 is 11.9 Å². The summed E-state index contributed by atoms with van der Waals surface area (Å²) in [4.78, 5) is 28.8. The van der Waals surface area contributed by atoms with Crippen LogP contribution in [0.15, 0.2) is 164 Å². The van der Waals surface area contributed by atoms with E-state index < -0.39 is 81.4 Å². The molecule has 6 aromatic rings. The van der Waals surface area contributed by atoms with Crippen molar-refractivity contribution in [2.75, 3.05) is 13.2 Å². The molecule has 0 N–H and O–H groups in total. The Bertz CT molecular complexity index is 2680. The molecule has 2 fully saturated rings. The van der Waals surface area contributed by atoms with Gasteiger partial charge in [0.2, 0.25) is 0 Å². The summed E-state index contributed by atoms with van der Waals surface area (Å²) in [5, 5.41) is 1.74. The standard InChI is InChI=1S/C59H63Cl3O12Si/c1-39-50(67-35-41-20-26-46(60)27-21-41)52(68-36-42-22-28-47(61)29-23-42)54(69-37-43-24-30-48(62)31-25-43)59(70-39)74-51-49(38-65-34-40-14-8-5-9-15-40)71-58(66-32-33-75(2,3)4)55(73-57(64)45-18-12-7-13-19-45)53(51)72-56(63)44-16-10-6-11-17-44/h5-31,39,49-55,58-59H,32-38H2,1-4H3/t39-,49-,50+,51+,52+,53+,54-,55-,58-,59-/m1/s1. The maximum Gasteiger partial charge on any atom is 0.338 e. The van der Waals surface area contributed by atoms with Crippen LogP contribution in [0, 0.1) is 0 Å². The molecule has 0 radical (unpaired) electrons. The van der Waals surface area contributed by atoms with Gasteiger partial charge in [-0.3, -0.25) is 0 Å². The van der Waals surface area contributed by atoms with Crippen LogP contribution < -0.4 is 0 Å². The van der Waals surface area contributed by atoms with Crippen LogP contribution in [0.2, 0.25) is 40.8 Å². The van der Waals surface area contributed by atoms with Crippen LogP contribution in [-0.4, -0.2) is 94.6 Å². The van der Waals surface area contributed by atoms with Crippen LogP contribution >= 0.6 is 34.8 Å². The average molecular weight is 1100 g/mol. The largest absolute Gasteiger partial charge is 0.452 e. The number of halogens is 3.